The largest absolute Gasteiger partial charge is 0.310 e. The quantitative estimate of drug-likeness (QED) is 0.140. The van der Waals surface area contributed by atoms with Crippen LogP contribution in [0.1, 0.15) is 0 Å². The summed E-state index contributed by atoms with van der Waals surface area (Å²) in [6.07, 6.45) is 0. The molecule has 0 bridgehead atoms. The average molecular weight is 891 g/mol. The van der Waals surface area contributed by atoms with Gasteiger partial charge in [-0.05, 0) is 121 Å². The second-order valence-corrected chi connectivity index (χ2v) is 18.1. The van der Waals surface area contributed by atoms with Crippen molar-refractivity contribution >= 4 is 60.4 Å². The lowest BCUT2D eigenvalue weighted by Gasteiger charge is -2.27. The van der Waals surface area contributed by atoms with Crippen LogP contribution < -0.4 is 4.90 Å². The molecule has 70 heavy (non-hydrogen) atoms. The normalized spacial score (nSPS) is 11.4. The van der Waals surface area contributed by atoms with Crippen molar-refractivity contribution in [2.75, 3.05) is 4.90 Å². The fourth-order valence-electron chi connectivity index (χ4n) is 10.7. The molecule has 0 fully saturated rings. The predicted octanol–water partition coefficient (Wildman–Crippen LogP) is 18.9. The molecule has 0 aliphatic heterocycles. The first kappa shape index (κ1) is 41.0. The number of hydrogen-bond acceptors (Lipinski definition) is 1. The van der Waals surface area contributed by atoms with E-state index in [4.69, 9.17) is 0 Å². The van der Waals surface area contributed by atoms with Gasteiger partial charge in [-0.15, -0.1) is 0 Å². The molecule has 0 atom stereocenters. The topological polar surface area (TPSA) is 8.17 Å². The van der Waals surface area contributed by atoms with Gasteiger partial charge < -0.3 is 9.47 Å². The minimum absolute atomic E-state index is 1.07. The monoisotopic (exact) mass is 890 g/mol. The van der Waals surface area contributed by atoms with Crippen molar-refractivity contribution in [2.24, 2.45) is 0 Å². The molecule has 1 heterocycles. The Bertz CT molecular complexity index is 4030. The summed E-state index contributed by atoms with van der Waals surface area (Å²) in [5, 5.41) is 7.49. The van der Waals surface area contributed by atoms with Crippen LogP contribution >= 0.6 is 0 Å². The third-order valence-corrected chi connectivity index (χ3v) is 14.0. The van der Waals surface area contributed by atoms with E-state index in [1.54, 1.807) is 0 Å². The van der Waals surface area contributed by atoms with Gasteiger partial charge in [0.15, 0.2) is 0 Å². The van der Waals surface area contributed by atoms with Crippen molar-refractivity contribution < 1.29 is 0 Å². The average Bonchev–Trinajstić information content (AvgIpc) is 3.78. The molecular formula is C68H46N2. The van der Waals surface area contributed by atoms with E-state index in [9.17, 15) is 0 Å². The molecule has 2 heteroatoms. The van der Waals surface area contributed by atoms with Crippen molar-refractivity contribution in [3.8, 4) is 61.3 Å². The fourth-order valence-corrected chi connectivity index (χ4v) is 10.7. The van der Waals surface area contributed by atoms with Gasteiger partial charge in [0.1, 0.15) is 0 Å². The summed E-state index contributed by atoms with van der Waals surface area (Å²) in [6.45, 7) is 0. The molecule has 12 aromatic carbocycles. The van der Waals surface area contributed by atoms with Crippen LogP contribution in [0.15, 0.2) is 279 Å². The molecule has 0 aliphatic carbocycles. The first-order valence-electron chi connectivity index (χ1n) is 24.1. The summed E-state index contributed by atoms with van der Waals surface area (Å²) in [5.41, 5.74) is 18.6. The number of benzene rings is 12. The van der Waals surface area contributed by atoms with Gasteiger partial charge in [0.25, 0.3) is 0 Å². The van der Waals surface area contributed by atoms with Crippen LogP contribution in [0, 0.1) is 0 Å². The third-order valence-electron chi connectivity index (χ3n) is 14.0. The van der Waals surface area contributed by atoms with E-state index in [1.807, 2.05) is 0 Å². The summed E-state index contributed by atoms with van der Waals surface area (Å²) in [5.74, 6) is 0. The molecule has 0 spiro atoms. The van der Waals surface area contributed by atoms with Gasteiger partial charge in [-0.1, -0.05) is 224 Å². The van der Waals surface area contributed by atoms with Crippen LogP contribution in [0.25, 0.3) is 105 Å². The van der Waals surface area contributed by atoms with Gasteiger partial charge in [-0.2, -0.15) is 0 Å². The zero-order chi connectivity index (χ0) is 46.4. The number of aromatic nitrogens is 1. The molecule has 0 amide bonds. The predicted molar refractivity (Wildman–Crippen MR) is 298 cm³/mol. The molecule has 13 aromatic rings. The maximum Gasteiger partial charge on any atom is 0.0618 e. The molecule has 1 aromatic heterocycles. The summed E-state index contributed by atoms with van der Waals surface area (Å²) >= 11 is 0. The van der Waals surface area contributed by atoms with E-state index in [-0.39, 0.29) is 0 Å². The summed E-state index contributed by atoms with van der Waals surface area (Å²) in [6, 6.07) is 102. The first-order valence-corrected chi connectivity index (χ1v) is 24.1. The second-order valence-electron chi connectivity index (χ2n) is 18.1. The lowest BCUT2D eigenvalue weighted by atomic mass is 9.95. The van der Waals surface area contributed by atoms with E-state index in [2.05, 4.69) is 289 Å². The summed E-state index contributed by atoms with van der Waals surface area (Å²) in [4.78, 5) is 2.39. The van der Waals surface area contributed by atoms with Crippen molar-refractivity contribution in [2.45, 2.75) is 0 Å². The van der Waals surface area contributed by atoms with Gasteiger partial charge in [0, 0.05) is 39.0 Å². The first-order chi connectivity index (χ1) is 34.7. The van der Waals surface area contributed by atoms with Crippen LogP contribution in [0.4, 0.5) is 17.1 Å². The second kappa shape index (κ2) is 17.4. The van der Waals surface area contributed by atoms with Gasteiger partial charge in [-0.25, -0.2) is 0 Å². The highest BCUT2D eigenvalue weighted by molar-refractivity contribution is 6.22. The van der Waals surface area contributed by atoms with Crippen molar-refractivity contribution in [3.05, 3.63) is 279 Å². The Morgan fingerprint density at radius 1 is 0.243 bits per heavy atom. The van der Waals surface area contributed by atoms with Gasteiger partial charge in [0.05, 0.1) is 16.7 Å². The molecule has 0 N–H and O–H groups in total. The van der Waals surface area contributed by atoms with E-state index in [0.29, 0.717) is 0 Å². The van der Waals surface area contributed by atoms with Crippen LogP contribution in [0.5, 0.6) is 0 Å². The fraction of sp³-hybridized carbons (Fsp3) is 0. The zero-order valence-corrected chi connectivity index (χ0v) is 38.5. The van der Waals surface area contributed by atoms with E-state index < -0.39 is 0 Å². The highest BCUT2D eigenvalue weighted by atomic mass is 15.1. The number of para-hydroxylation sites is 2. The maximum atomic E-state index is 2.50. The highest BCUT2D eigenvalue weighted by Gasteiger charge is 2.22. The Hall–Kier alpha value is -9.24. The third kappa shape index (κ3) is 7.22. The molecule has 0 unspecified atom stereocenters. The smallest absolute Gasteiger partial charge is 0.0618 e. The van der Waals surface area contributed by atoms with Gasteiger partial charge in [0.2, 0.25) is 0 Å². The SMILES string of the molecule is c1ccc(-c2cccc(-c3ccc(N(c4ccc(-c5cccc(-c6ccccc6)c5-n5c6ccccc6c6c7ccccc7ccc65)cc4)c4cccc(-c5cccc6ccccc56)c4)cc3)c2)cc1. The van der Waals surface area contributed by atoms with E-state index in [1.165, 1.54) is 87.9 Å². The van der Waals surface area contributed by atoms with Crippen LogP contribution in [0.2, 0.25) is 0 Å². The van der Waals surface area contributed by atoms with Crippen molar-refractivity contribution in [3.63, 3.8) is 0 Å². The number of fused-ring (bicyclic) bond motifs is 6. The molecule has 0 saturated heterocycles. The standard InChI is InChI=1S/C68H46N2/c1-3-17-47(18-4-1)53-24-13-25-54(45-53)48-35-40-56(41-36-48)69(58-27-14-26-55(46-58)60-31-15-23-49-21-7-9-28-59(49)60)57-42-37-52(38-43-57)63-33-16-32-62(50-19-5-2-6-20-50)68(63)70-65-34-12-11-30-64(65)67-61-29-10-8-22-51(61)39-44-66(67)70/h1-46H. The Kier molecular flexibility index (Phi) is 10.2. The van der Waals surface area contributed by atoms with Crippen LogP contribution in [-0.4, -0.2) is 4.57 Å². The molecule has 0 aliphatic rings. The molecular weight excluding hydrogens is 845 g/mol. The van der Waals surface area contributed by atoms with Crippen molar-refractivity contribution in [1.29, 1.82) is 0 Å². The molecule has 328 valence electrons. The number of anilines is 3. The minimum atomic E-state index is 1.07. The molecule has 2 nitrogen and oxygen atoms in total. The number of hydrogen-bond donors (Lipinski definition) is 0. The summed E-state index contributed by atoms with van der Waals surface area (Å²) in [7, 11) is 0. The Balaban J connectivity index is 0.966. The van der Waals surface area contributed by atoms with Gasteiger partial charge >= 0.3 is 0 Å². The van der Waals surface area contributed by atoms with Gasteiger partial charge in [-0.3, -0.25) is 0 Å². The lowest BCUT2D eigenvalue weighted by Crippen LogP contribution is -2.10. The number of nitrogens with zero attached hydrogens (tertiary/aromatic N) is 2. The molecule has 0 saturated carbocycles. The zero-order valence-electron chi connectivity index (χ0n) is 38.5. The van der Waals surface area contributed by atoms with Crippen molar-refractivity contribution in [1.82, 2.24) is 4.57 Å². The summed E-state index contributed by atoms with van der Waals surface area (Å²) < 4.78 is 2.50. The van der Waals surface area contributed by atoms with E-state index in [0.717, 1.165) is 33.9 Å². The Morgan fingerprint density at radius 3 is 1.43 bits per heavy atom. The van der Waals surface area contributed by atoms with Crippen LogP contribution in [0.3, 0.4) is 0 Å². The minimum Gasteiger partial charge on any atom is -0.310 e. The maximum absolute atomic E-state index is 2.50. The van der Waals surface area contributed by atoms with E-state index >= 15 is 0 Å². The highest BCUT2D eigenvalue weighted by Crippen LogP contribution is 2.45. The Morgan fingerprint density at radius 2 is 0.714 bits per heavy atom. The molecule has 13 rings (SSSR count). The number of rotatable bonds is 9. The molecule has 0 radical (unpaired) electrons. The lowest BCUT2D eigenvalue weighted by molar-refractivity contribution is 1.18. The van der Waals surface area contributed by atoms with Crippen LogP contribution in [-0.2, 0) is 0 Å². The Labute approximate surface area is 408 Å².